The van der Waals surface area contributed by atoms with Crippen molar-refractivity contribution in [3.05, 3.63) is 28.2 Å². The molecule has 2 N–H and O–H groups in total. The summed E-state index contributed by atoms with van der Waals surface area (Å²) in [5.74, 6) is -1.30. The summed E-state index contributed by atoms with van der Waals surface area (Å²) < 4.78 is 31.8. The van der Waals surface area contributed by atoms with Crippen LogP contribution in [0.5, 0.6) is 0 Å². The van der Waals surface area contributed by atoms with E-state index in [4.69, 9.17) is 27.9 Å². The Morgan fingerprint density at radius 3 is 2.40 bits per heavy atom. The van der Waals surface area contributed by atoms with Gasteiger partial charge in [0, 0.05) is 13.0 Å². The van der Waals surface area contributed by atoms with Crippen LogP contribution in [0.15, 0.2) is 23.1 Å². The molecule has 1 aromatic rings. The Morgan fingerprint density at radius 1 is 1.35 bits per heavy atom. The van der Waals surface area contributed by atoms with Gasteiger partial charge < -0.3 is 9.84 Å². The molecule has 1 atom stereocenters. The van der Waals surface area contributed by atoms with Crippen LogP contribution in [-0.4, -0.2) is 38.2 Å². The highest BCUT2D eigenvalue weighted by atomic mass is 35.5. The smallest absolute Gasteiger partial charge is 0.327 e. The Morgan fingerprint density at radius 2 is 1.95 bits per heavy atom. The predicted octanol–water partition coefficient (Wildman–Crippen LogP) is 1.52. The van der Waals surface area contributed by atoms with E-state index in [-0.39, 0.29) is 34.6 Å². The minimum Gasteiger partial charge on any atom is -0.480 e. The largest absolute Gasteiger partial charge is 0.480 e. The van der Waals surface area contributed by atoms with Gasteiger partial charge in [0.2, 0.25) is 10.0 Å². The molecule has 1 unspecified atom stereocenters. The van der Waals surface area contributed by atoms with E-state index in [1.165, 1.54) is 18.2 Å². The van der Waals surface area contributed by atoms with E-state index in [0.29, 0.717) is 0 Å². The molecule has 0 saturated carbocycles. The number of hydrogen-bond acceptors (Lipinski definition) is 4. The lowest BCUT2D eigenvalue weighted by atomic mass is 10.0. The molecule has 20 heavy (non-hydrogen) atoms. The van der Waals surface area contributed by atoms with Crippen molar-refractivity contribution >= 4 is 39.2 Å². The predicted molar refractivity (Wildman–Crippen MR) is 72.6 cm³/mol. The fourth-order valence-corrected chi connectivity index (χ4v) is 4.43. The van der Waals surface area contributed by atoms with E-state index in [2.05, 4.69) is 4.72 Å². The van der Waals surface area contributed by atoms with Crippen molar-refractivity contribution in [2.45, 2.75) is 16.9 Å². The van der Waals surface area contributed by atoms with Gasteiger partial charge in [-0.3, -0.25) is 4.79 Å². The zero-order valence-electron chi connectivity index (χ0n) is 10.1. The SMILES string of the molecule is O=C(O)C1(NS(=O)(=O)c2c(Cl)cccc2Cl)CCOC1. The molecule has 0 aromatic heterocycles. The zero-order chi connectivity index (χ0) is 15.0. The van der Waals surface area contributed by atoms with Gasteiger partial charge in [-0.25, -0.2) is 8.42 Å². The summed E-state index contributed by atoms with van der Waals surface area (Å²) in [7, 11) is -4.18. The lowest BCUT2D eigenvalue weighted by Crippen LogP contribution is -2.55. The minimum atomic E-state index is -4.18. The number of ether oxygens (including phenoxy) is 1. The zero-order valence-corrected chi connectivity index (χ0v) is 12.4. The molecule has 0 amide bonds. The third kappa shape index (κ3) is 2.77. The van der Waals surface area contributed by atoms with Crippen LogP contribution in [0, 0.1) is 0 Å². The molecule has 0 radical (unpaired) electrons. The summed E-state index contributed by atoms with van der Waals surface area (Å²) in [6.07, 6.45) is 0.0314. The summed E-state index contributed by atoms with van der Waals surface area (Å²) in [5, 5.41) is 9.08. The molecule has 1 saturated heterocycles. The number of carboxylic acids is 1. The number of carboxylic acid groups (broad SMARTS) is 1. The normalized spacial score (nSPS) is 22.9. The molecule has 1 heterocycles. The number of aliphatic carboxylic acids is 1. The molecule has 9 heteroatoms. The maximum absolute atomic E-state index is 12.3. The first-order valence-electron chi connectivity index (χ1n) is 5.58. The Labute approximate surface area is 125 Å². The van der Waals surface area contributed by atoms with Gasteiger partial charge >= 0.3 is 5.97 Å². The van der Waals surface area contributed by atoms with Gasteiger partial charge in [-0.05, 0) is 12.1 Å². The Bertz CT molecular complexity index is 620. The minimum absolute atomic E-state index is 0.0314. The van der Waals surface area contributed by atoms with Gasteiger partial charge in [0.1, 0.15) is 4.90 Å². The van der Waals surface area contributed by atoms with Gasteiger partial charge in [-0.2, -0.15) is 4.72 Å². The number of halogens is 2. The highest BCUT2D eigenvalue weighted by molar-refractivity contribution is 7.89. The number of sulfonamides is 1. The van der Waals surface area contributed by atoms with Gasteiger partial charge in [0.25, 0.3) is 0 Å². The van der Waals surface area contributed by atoms with E-state index in [1.54, 1.807) is 0 Å². The molecule has 0 spiro atoms. The van der Waals surface area contributed by atoms with Crippen LogP contribution in [0.4, 0.5) is 0 Å². The van der Waals surface area contributed by atoms with Crippen LogP contribution in [-0.2, 0) is 19.6 Å². The number of benzene rings is 1. The van der Waals surface area contributed by atoms with E-state index in [1.807, 2.05) is 0 Å². The van der Waals surface area contributed by atoms with Gasteiger partial charge in [0.05, 0.1) is 16.7 Å². The van der Waals surface area contributed by atoms with Crippen molar-refractivity contribution in [2.75, 3.05) is 13.2 Å². The lowest BCUT2D eigenvalue weighted by molar-refractivity contribution is -0.144. The maximum atomic E-state index is 12.3. The van der Waals surface area contributed by atoms with Crippen LogP contribution < -0.4 is 4.72 Å². The van der Waals surface area contributed by atoms with Gasteiger partial charge in [-0.1, -0.05) is 29.3 Å². The van der Waals surface area contributed by atoms with Crippen molar-refractivity contribution in [1.29, 1.82) is 0 Å². The fraction of sp³-hybridized carbons (Fsp3) is 0.364. The lowest BCUT2D eigenvalue weighted by Gasteiger charge is -2.24. The van der Waals surface area contributed by atoms with E-state index < -0.39 is 21.5 Å². The van der Waals surface area contributed by atoms with E-state index in [9.17, 15) is 18.3 Å². The summed E-state index contributed by atoms with van der Waals surface area (Å²) in [6, 6.07) is 4.22. The van der Waals surface area contributed by atoms with Gasteiger partial charge in [0.15, 0.2) is 5.54 Å². The molecule has 1 aliphatic rings. The summed E-state index contributed by atoms with van der Waals surface area (Å²) in [4.78, 5) is 11.0. The second kappa shape index (κ2) is 5.50. The highest BCUT2D eigenvalue weighted by Gasteiger charge is 2.46. The van der Waals surface area contributed by atoms with Crippen molar-refractivity contribution in [3.63, 3.8) is 0 Å². The Kier molecular flexibility index (Phi) is 4.27. The first-order chi connectivity index (χ1) is 9.28. The fourth-order valence-electron chi connectivity index (χ4n) is 1.91. The van der Waals surface area contributed by atoms with Crippen molar-refractivity contribution in [1.82, 2.24) is 4.72 Å². The van der Waals surface area contributed by atoms with Crippen LogP contribution in [0.25, 0.3) is 0 Å². The molecule has 6 nitrogen and oxygen atoms in total. The van der Waals surface area contributed by atoms with Gasteiger partial charge in [-0.15, -0.1) is 0 Å². The van der Waals surface area contributed by atoms with E-state index in [0.717, 1.165) is 0 Å². The van der Waals surface area contributed by atoms with Crippen LogP contribution in [0.1, 0.15) is 6.42 Å². The maximum Gasteiger partial charge on any atom is 0.327 e. The second-order valence-corrected chi connectivity index (χ2v) is 6.78. The number of hydrogen-bond donors (Lipinski definition) is 2. The Hall–Kier alpha value is -0.860. The van der Waals surface area contributed by atoms with Crippen molar-refractivity contribution in [2.24, 2.45) is 0 Å². The first-order valence-corrected chi connectivity index (χ1v) is 7.81. The summed E-state index contributed by atoms with van der Waals surface area (Å²) in [6.45, 7) is -0.0886. The van der Waals surface area contributed by atoms with Crippen LogP contribution >= 0.6 is 23.2 Å². The Balaban J connectivity index is 2.44. The third-order valence-corrected chi connectivity index (χ3v) is 5.44. The topological polar surface area (TPSA) is 92.7 Å². The quantitative estimate of drug-likeness (QED) is 0.867. The standard InChI is InChI=1S/C11H11Cl2NO5S/c12-7-2-1-3-8(13)9(7)20(17,18)14-11(10(15)16)4-5-19-6-11/h1-3,14H,4-6H2,(H,15,16). The second-order valence-electron chi connectivity index (χ2n) is 4.35. The van der Waals surface area contributed by atoms with E-state index >= 15 is 0 Å². The summed E-state index contributed by atoms with van der Waals surface area (Å²) >= 11 is 11.7. The highest BCUT2D eigenvalue weighted by Crippen LogP contribution is 2.31. The molecule has 0 aliphatic carbocycles. The number of nitrogens with one attached hydrogen (secondary N) is 1. The molecule has 2 rings (SSSR count). The monoisotopic (exact) mass is 339 g/mol. The number of rotatable bonds is 4. The molecule has 1 aromatic carbocycles. The molecular formula is C11H11Cl2NO5S. The molecule has 1 fully saturated rings. The molecule has 1 aliphatic heterocycles. The average Bonchev–Trinajstić information content (AvgIpc) is 2.77. The van der Waals surface area contributed by atoms with Crippen molar-refractivity contribution < 1.29 is 23.1 Å². The number of carbonyl (C=O) groups is 1. The first kappa shape index (κ1) is 15.5. The third-order valence-electron chi connectivity index (χ3n) is 2.95. The molecule has 110 valence electrons. The summed E-state index contributed by atoms with van der Waals surface area (Å²) in [5.41, 5.74) is -1.69. The van der Waals surface area contributed by atoms with Crippen LogP contribution in [0.2, 0.25) is 10.0 Å². The molecule has 0 bridgehead atoms. The average molecular weight is 340 g/mol. The van der Waals surface area contributed by atoms with Crippen LogP contribution in [0.3, 0.4) is 0 Å². The van der Waals surface area contributed by atoms with Crippen molar-refractivity contribution in [3.8, 4) is 0 Å². The molecular weight excluding hydrogens is 329 g/mol.